The van der Waals surface area contributed by atoms with Gasteiger partial charge < -0.3 is 9.47 Å². The molecule has 1 aliphatic rings. The molecule has 164 valence electrons. The van der Waals surface area contributed by atoms with Crippen molar-refractivity contribution in [2.45, 2.75) is 26.1 Å². The van der Waals surface area contributed by atoms with Crippen molar-refractivity contribution >= 4 is 11.2 Å². The van der Waals surface area contributed by atoms with Crippen molar-refractivity contribution in [1.29, 1.82) is 0 Å². The largest absolute Gasteiger partial charge is 0.332 e. The van der Waals surface area contributed by atoms with Crippen molar-refractivity contribution in [3.05, 3.63) is 97.7 Å². The standard InChI is InChI=1S/C24H24FN5O2/c1-27-22-21(23(31)28(2)24(27)32)30(14-18-9-5-6-10-19(18)25)20(26-22)15-29-12-11-16-7-3-4-8-17(16)13-29/h3-10H,11-15H2,1-2H3/p+1. The second-order valence-corrected chi connectivity index (χ2v) is 8.46. The highest BCUT2D eigenvalue weighted by atomic mass is 19.1. The Balaban J connectivity index is 1.62. The number of nitrogens with zero attached hydrogens (tertiary/aromatic N) is 4. The van der Waals surface area contributed by atoms with Gasteiger partial charge in [0.2, 0.25) is 0 Å². The summed E-state index contributed by atoms with van der Waals surface area (Å²) in [6.07, 6.45) is 0.972. The Labute approximate surface area is 184 Å². The first kappa shape index (κ1) is 20.4. The van der Waals surface area contributed by atoms with Gasteiger partial charge in [-0.25, -0.2) is 14.2 Å². The molecule has 1 unspecified atom stereocenters. The second-order valence-electron chi connectivity index (χ2n) is 8.46. The summed E-state index contributed by atoms with van der Waals surface area (Å²) in [4.78, 5) is 31.6. The third-order valence-corrected chi connectivity index (χ3v) is 6.43. The molecule has 5 rings (SSSR count). The summed E-state index contributed by atoms with van der Waals surface area (Å²) in [5.74, 6) is 0.345. The molecule has 0 saturated heterocycles. The third-order valence-electron chi connectivity index (χ3n) is 6.43. The van der Waals surface area contributed by atoms with E-state index in [1.165, 1.54) is 33.7 Å². The van der Waals surface area contributed by atoms with Gasteiger partial charge in [-0.05, 0) is 11.6 Å². The second kappa shape index (κ2) is 7.87. The summed E-state index contributed by atoms with van der Waals surface area (Å²) in [7, 11) is 3.06. The molecule has 32 heavy (non-hydrogen) atoms. The first-order valence-corrected chi connectivity index (χ1v) is 10.7. The minimum absolute atomic E-state index is 0.176. The van der Waals surface area contributed by atoms with Crippen LogP contribution in [0.2, 0.25) is 0 Å². The van der Waals surface area contributed by atoms with Gasteiger partial charge in [0, 0.05) is 31.6 Å². The average molecular weight is 434 g/mol. The Hall–Kier alpha value is -3.52. The molecule has 1 N–H and O–H groups in total. The normalized spacial score (nSPS) is 15.8. The number of aromatic nitrogens is 4. The number of hydrogen-bond donors (Lipinski definition) is 1. The molecule has 0 fully saturated rings. The Morgan fingerprint density at radius 1 is 1.00 bits per heavy atom. The van der Waals surface area contributed by atoms with E-state index >= 15 is 0 Å². The molecule has 3 heterocycles. The fourth-order valence-electron chi connectivity index (χ4n) is 4.61. The molecule has 8 heteroatoms. The van der Waals surface area contributed by atoms with Gasteiger partial charge in [0.15, 0.2) is 17.0 Å². The van der Waals surface area contributed by atoms with Crippen LogP contribution < -0.4 is 16.1 Å². The van der Waals surface area contributed by atoms with Crippen molar-refractivity contribution in [3.8, 4) is 0 Å². The molecule has 7 nitrogen and oxygen atoms in total. The van der Waals surface area contributed by atoms with Crippen LogP contribution in [0.15, 0.2) is 58.1 Å². The number of rotatable bonds is 4. The van der Waals surface area contributed by atoms with Crippen LogP contribution in [0.4, 0.5) is 4.39 Å². The fraction of sp³-hybridized carbons (Fsp3) is 0.292. The molecule has 1 atom stereocenters. The average Bonchev–Trinajstić information content (AvgIpc) is 3.15. The minimum Gasteiger partial charge on any atom is -0.325 e. The van der Waals surface area contributed by atoms with Crippen LogP contribution in [0.25, 0.3) is 11.2 Å². The van der Waals surface area contributed by atoms with Gasteiger partial charge in [-0.15, -0.1) is 0 Å². The van der Waals surface area contributed by atoms with Gasteiger partial charge in [-0.2, -0.15) is 0 Å². The van der Waals surface area contributed by atoms with E-state index < -0.39 is 11.2 Å². The Morgan fingerprint density at radius 2 is 1.72 bits per heavy atom. The highest BCUT2D eigenvalue weighted by molar-refractivity contribution is 5.71. The smallest absolute Gasteiger partial charge is 0.325 e. The van der Waals surface area contributed by atoms with E-state index in [1.54, 1.807) is 29.8 Å². The van der Waals surface area contributed by atoms with Crippen LogP contribution in [0.3, 0.4) is 0 Å². The molecular formula is C24H25FN5O2+. The van der Waals surface area contributed by atoms with E-state index in [4.69, 9.17) is 4.98 Å². The van der Waals surface area contributed by atoms with Crippen LogP contribution in [0, 0.1) is 5.82 Å². The number of benzene rings is 2. The predicted octanol–water partition coefficient (Wildman–Crippen LogP) is 0.762. The highest BCUT2D eigenvalue weighted by Crippen LogP contribution is 2.17. The lowest BCUT2D eigenvalue weighted by Crippen LogP contribution is -3.10. The molecule has 0 spiro atoms. The van der Waals surface area contributed by atoms with Gasteiger partial charge in [0.25, 0.3) is 5.56 Å². The van der Waals surface area contributed by atoms with Gasteiger partial charge in [0.1, 0.15) is 18.9 Å². The monoisotopic (exact) mass is 434 g/mol. The summed E-state index contributed by atoms with van der Waals surface area (Å²) in [6.45, 7) is 2.55. The number of imidazole rings is 1. The number of quaternary nitrogens is 1. The van der Waals surface area contributed by atoms with E-state index in [0.717, 1.165) is 24.1 Å². The summed E-state index contributed by atoms with van der Waals surface area (Å²) in [5.41, 5.74) is 2.97. The topological polar surface area (TPSA) is 66.3 Å². The summed E-state index contributed by atoms with van der Waals surface area (Å²) >= 11 is 0. The zero-order valence-electron chi connectivity index (χ0n) is 18.1. The quantitative estimate of drug-likeness (QED) is 0.516. The van der Waals surface area contributed by atoms with Gasteiger partial charge in [0.05, 0.1) is 13.1 Å². The molecule has 0 amide bonds. The maximum Gasteiger partial charge on any atom is 0.332 e. The lowest BCUT2D eigenvalue weighted by Gasteiger charge is -2.25. The van der Waals surface area contributed by atoms with Crippen LogP contribution >= 0.6 is 0 Å². The number of fused-ring (bicyclic) bond motifs is 2. The Morgan fingerprint density at radius 3 is 2.50 bits per heavy atom. The van der Waals surface area contributed by atoms with Crippen LogP contribution in [-0.2, 0) is 40.2 Å². The molecular weight excluding hydrogens is 409 g/mol. The molecule has 0 bridgehead atoms. The van der Waals surface area contributed by atoms with E-state index in [-0.39, 0.29) is 12.4 Å². The first-order valence-electron chi connectivity index (χ1n) is 10.7. The number of nitrogens with one attached hydrogen (secondary N) is 1. The summed E-state index contributed by atoms with van der Waals surface area (Å²) in [5, 5.41) is 0. The SMILES string of the molecule is Cn1c(=O)c2c(nc(C[NH+]3CCc4ccccc4C3)n2Cc2ccccc2F)n(C)c1=O. The Kier molecular flexibility index (Phi) is 5.01. The van der Waals surface area contributed by atoms with Crippen molar-refractivity contribution in [2.75, 3.05) is 6.54 Å². The van der Waals surface area contributed by atoms with E-state index in [0.29, 0.717) is 29.1 Å². The fourth-order valence-corrected chi connectivity index (χ4v) is 4.61. The predicted molar refractivity (Wildman–Crippen MR) is 119 cm³/mol. The lowest BCUT2D eigenvalue weighted by atomic mass is 10.00. The molecule has 1 aliphatic heterocycles. The van der Waals surface area contributed by atoms with Crippen LogP contribution in [0.5, 0.6) is 0 Å². The Bertz CT molecular complexity index is 1450. The molecule has 4 aromatic rings. The lowest BCUT2D eigenvalue weighted by molar-refractivity contribution is -0.930. The van der Waals surface area contributed by atoms with E-state index in [1.807, 2.05) is 0 Å². The first-order chi connectivity index (χ1) is 15.4. The van der Waals surface area contributed by atoms with Crippen LogP contribution in [0.1, 0.15) is 22.5 Å². The van der Waals surface area contributed by atoms with E-state index in [9.17, 15) is 14.0 Å². The van der Waals surface area contributed by atoms with Crippen molar-refractivity contribution < 1.29 is 9.29 Å². The van der Waals surface area contributed by atoms with Gasteiger partial charge >= 0.3 is 5.69 Å². The molecule has 2 aromatic heterocycles. The maximum absolute atomic E-state index is 14.5. The minimum atomic E-state index is -0.427. The van der Waals surface area contributed by atoms with Crippen molar-refractivity contribution in [1.82, 2.24) is 18.7 Å². The summed E-state index contributed by atoms with van der Waals surface area (Å²) < 4.78 is 18.7. The number of hydrogen-bond acceptors (Lipinski definition) is 3. The van der Waals surface area contributed by atoms with Gasteiger partial charge in [-0.3, -0.25) is 13.9 Å². The molecule has 0 aliphatic carbocycles. The maximum atomic E-state index is 14.5. The molecule has 0 saturated carbocycles. The molecule has 2 aromatic carbocycles. The number of halogens is 1. The zero-order valence-corrected chi connectivity index (χ0v) is 18.1. The van der Waals surface area contributed by atoms with Crippen LogP contribution in [-0.4, -0.2) is 25.2 Å². The van der Waals surface area contributed by atoms with E-state index in [2.05, 4.69) is 24.3 Å². The zero-order chi connectivity index (χ0) is 22.4. The number of aryl methyl sites for hydroxylation is 1. The third kappa shape index (κ3) is 3.36. The van der Waals surface area contributed by atoms with Crippen molar-refractivity contribution in [2.24, 2.45) is 14.1 Å². The molecule has 0 radical (unpaired) electrons. The summed E-state index contributed by atoms with van der Waals surface area (Å²) in [6, 6.07) is 15.0. The van der Waals surface area contributed by atoms with Gasteiger partial charge in [-0.1, -0.05) is 42.5 Å². The highest BCUT2D eigenvalue weighted by Gasteiger charge is 2.25. The van der Waals surface area contributed by atoms with Crippen molar-refractivity contribution in [3.63, 3.8) is 0 Å².